The second-order valence-electron chi connectivity index (χ2n) is 7.29. The van der Waals surface area contributed by atoms with Gasteiger partial charge in [-0.25, -0.2) is 9.78 Å². The van der Waals surface area contributed by atoms with Gasteiger partial charge in [-0.3, -0.25) is 14.5 Å². The van der Waals surface area contributed by atoms with Crippen molar-refractivity contribution in [3.63, 3.8) is 0 Å². The lowest BCUT2D eigenvalue weighted by atomic mass is 10.1. The van der Waals surface area contributed by atoms with Crippen molar-refractivity contribution in [3.8, 4) is 16.3 Å². The number of thiazole rings is 1. The van der Waals surface area contributed by atoms with Crippen molar-refractivity contribution in [2.75, 3.05) is 27.4 Å². The summed E-state index contributed by atoms with van der Waals surface area (Å²) in [5, 5.41) is 2.58. The first kappa shape index (κ1) is 22.6. The van der Waals surface area contributed by atoms with E-state index >= 15 is 0 Å². The van der Waals surface area contributed by atoms with Gasteiger partial charge in [0.15, 0.2) is 0 Å². The van der Waals surface area contributed by atoms with E-state index in [2.05, 4.69) is 4.98 Å². The van der Waals surface area contributed by atoms with Gasteiger partial charge in [-0.05, 0) is 36.8 Å². The van der Waals surface area contributed by atoms with E-state index in [9.17, 15) is 14.4 Å². The van der Waals surface area contributed by atoms with Crippen LogP contribution in [0.2, 0.25) is 0 Å². The van der Waals surface area contributed by atoms with Gasteiger partial charge >= 0.3 is 5.97 Å². The zero-order valence-corrected chi connectivity index (χ0v) is 19.0. The van der Waals surface area contributed by atoms with E-state index in [0.29, 0.717) is 24.5 Å². The normalized spacial score (nSPS) is 12.7. The molecule has 0 radical (unpaired) electrons. The lowest BCUT2D eigenvalue weighted by molar-refractivity contribution is 0.0468. The van der Waals surface area contributed by atoms with E-state index in [1.54, 1.807) is 14.2 Å². The molecular weight excluding hydrogens is 444 g/mol. The Balaban J connectivity index is 1.42. The van der Waals surface area contributed by atoms with Crippen molar-refractivity contribution in [2.45, 2.75) is 13.0 Å². The number of methoxy groups -OCH3 is 2. The number of nitrogens with zero attached hydrogens (tertiary/aromatic N) is 2. The third kappa shape index (κ3) is 4.64. The van der Waals surface area contributed by atoms with E-state index in [1.165, 1.54) is 34.4 Å². The van der Waals surface area contributed by atoms with Crippen molar-refractivity contribution >= 4 is 29.1 Å². The predicted molar refractivity (Wildman–Crippen MR) is 122 cm³/mol. The molecule has 170 valence electrons. The van der Waals surface area contributed by atoms with Crippen LogP contribution in [0.25, 0.3) is 10.6 Å². The summed E-state index contributed by atoms with van der Waals surface area (Å²) in [4.78, 5) is 43.4. The third-order valence-corrected chi connectivity index (χ3v) is 6.10. The van der Waals surface area contributed by atoms with Crippen LogP contribution >= 0.6 is 11.3 Å². The lowest BCUT2D eigenvalue weighted by Crippen LogP contribution is -2.31. The minimum absolute atomic E-state index is 0.0163. The predicted octanol–water partition coefficient (Wildman–Crippen LogP) is 3.81. The largest absolute Gasteiger partial charge is 0.496 e. The zero-order chi connectivity index (χ0) is 23.4. The van der Waals surface area contributed by atoms with E-state index in [0.717, 1.165) is 10.6 Å². The minimum Gasteiger partial charge on any atom is -0.496 e. The molecule has 9 heteroatoms. The van der Waals surface area contributed by atoms with E-state index in [4.69, 9.17) is 14.2 Å². The van der Waals surface area contributed by atoms with Gasteiger partial charge in [0, 0.05) is 25.6 Å². The zero-order valence-electron chi connectivity index (χ0n) is 18.2. The fourth-order valence-electron chi connectivity index (χ4n) is 3.53. The molecule has 0 saturated heterocycles. The highest BCUT2D eigenvalue weighted by molar-refractivity contribution is 7.13. The molecule has 8 nitrogen and oxygen atoms in total. The Labute approximate surface area is 194 Å². The second kappa shape index (κ2) is 9.93. The summed E-state index contributed by atoms with van der Waals surface area (Å²) >= 11 is 1.43. The van der Waals surface area contributed by atoms with Gasteiger partial charge in [0.05, 0.1) is 35.1 Å². The van der Waals surface area contributed by atoms with E-state index in [-0.39, 0.29) is 35.7 Å². The third-order valence-electron chi connectivity index (χ3n) is 5.18. The second-order valence-corrected chi connectivity index (χ2v) is 8.15. The first-order valence-corrected chi connectivity index (χ1v) is 11.2. The molecule has 0 unspecified atom stereocenters. The maximum atomic E-state index is 12.6. The molecule has 1 aromatic heterocycles. The Morgan fingerprint density at radius 1 is 1.03 bits per heavy atom. The number of rotatable bonds is 9. The van der Waals surface area contributed by atoms with Gasteiger partial charge in [-0.1, -0.05) is 12.1 Å². The number of amides is 2. The Morgan fingerprint density at radius 2 is 1.82 bits per heavy atom. The Morgan fingerprint density at radius 3 is 2.61 bits per heavy atom. The Hall–Kier alpha value is -3.56. The molecule has 0 saturated carbocycles. The van der Waals surface area contributed by atoms with Crippen LogP contribution in [0.15, 0.2) is 47.8 Å². The minimum atomic E-state index is -0.595. The highest BCUT2D eigenvalue weighted by atomic mass is 32.1. The van der Waals surface area contributed by atoms with Gasteiger partial charge in [0.2, 0.25) is 0 Å². The summed E-state index contributed by atoms with van der Waals surface area (Å²) in [5.41, 5.74) is 2.16. The maximum Gasteiger partial charge on any atom is 0.338 e. The molecular formula is C24H22N2O6S. The van der Waals surface area contributed by atoms with Crippen molar-refractivity contribution in [2.24, 2.45) is 0 Å². The number of hydrogen-bond donors (Lipinski definition) is 0. The first-order chi connectivity index (χ1) is 16.0. The molecule has 2 amide bonds. The van der Waals surface area contributed by atoms with Crippen LogP contribution in [0.4, 0.5) is 0 Å². The topological polar surface area (TPSA) is 95.0 Å². The Bertz CT molecular complexity index is 1210. The smallest absolute Gasteiger partial charge is 0.338 e. The SMILES string of the molecule is COCCCN1C(=O)c2ccc(C(=O)OCc3csc(-c4ccccc4OC)n3)cc2C1=O. The van der Waals surface area contributed by atoms with Gasteiger partial charge in [0.25, 0.3) is 11.8 Å². The first-order valence-electron chi connectivity index (χ1n) is 10.3. The molecule has 2 aromatic carbocycles. The fourth-order valence-corrected chi connectivity index (χ4v) is 4.36. The molecule has 0 N–H and O–H groups in total. The molecule has 4 rings (SSSR count). The van der Waals surface area contributed by atoms with Gasteiger partial charge < -0.3 is 14.2 Å². The van der Waals surface area contributed by atoms with Crippen LogP contribution in [0, 0.1) is 0 Å². The average molecular weight is 467 g/mol. The summed E-state index contributed by atoms with van der Waals surface area (Å²) in [6, 6.07) is 11.9. The molecule has 1 aliphatic rings. The molecule has 1 aliphatic heterocycles. The summed E-state index contributed by atoms with van der Waals surface area (Å²) < 4.78 is 15.7. The number of aromatic nitrogens is 1. The lowest BCUT2D eigenvalue weighted by Gasteiger charge is -2.12. The van der Waals surface area contributed by atoms with Crippen LogP contribution in [0.3, 0.4) is 0 Å². The van der Waals surface area contributed by atoms with E-state index in [1.807, 2.05) is 29.6 Å². The number of fused-ring (bicyclic) bond motifs is 1. The number of benzene rings is 2. The molecule has 0 atom stereocenters. The number of ether oxygens (including phenoxy) is 3. The molecule has 0 fully saturated rings. The van der Waals surface area contributed by atoms with E-state index < -0.39 is 11.9 Å². The summed E-state index contributed by atoms with van der Waals surface area (Å²) in [6.07, 6.45) is 0.543. The fraction of sp³-hybridized carbons (Fsp3) is 0.250. The van der Waals surface area contributed by atoms with Gasteiger partial charge in [-0.15, -0.1) is 11.3 Å². The van der Waals surface area contributed by atoms with Crippen molar-refractivity contribution in [1.82, 2.24) is 9.88 Å². The van der Waals surface area contributed by atoms with Gasteiger partial charge in [0.1, 0.15) is 17.4 Å². The highest BCUT2D eigenvalue weighted by Gasteiger charge is 2.35. The molecule has 0 aliphatic carbocycles. The number of hydrogen-bond acceptors (Lipinski definition) is 8. The van der Waals surface area contributed by atoms with Crippen LogP contribution in [-0.4, -0.2) is 55.0 Å². The highest BCUT2D eigenvalue weighted by Crippen LogP contribution is 2.32. The number of carbonyl (C=O) groups excluding carboxylic acids is 3. The summed E-state index contributed by atoms with van der Waals surface area (Å²) in [6.45, 7) is 0.691. The van der Waals surface area contributed by atoms with Crippen LogP contribution in [0.5, 0.6) is 5.75 Å². The average Bonchev–Trinajstić information content (AvgIpc) is 3.41. The number of imide groups is 1. The number of para-hydroxylation sites is 1. The maximum absolute atomic E-state index is 12.6. The Kier molecular flexibility index (Phi) is 6.81. The van der Waals surface area contributed by atoms with Gasteiger partial charge in [-0.2, -0.15) is 0 Å². The number of carbonyl (C=O) groups is 3. The molecule has 2 heterocycles. The molecule has 33 heavy (non-hydrogen) atoms. The van der Waals surface area contributed by atoms with Crippen molar-refractivity contribution in [1.29, 1.82) is 0 Å². The standard InChI is InChI=1S/C24H22N2O6S/c1-30-11-5-10-26-22(27)17-9-8-15(12-19(17)23(26)28)24(29)32-13-16-14-33-21(25-16)18-6-3-4-7-20(18)31-2/h3-4,6-9,12,14H,5,10-11,13H2,1-2H3. The molecule has 0 bridgehead atoms. The quantitative estimate of drug-likeness (QED) is 0.269. The summed E-state index contributed by atoms with van der Waals surface area (Å²) in [5.74, 6) is -0.661. The number of esters is 1. The van der Waals surface area contributed by atoms with Crippen LogP contribution < -0.4 is 4.74 Å². The van der Waals surface area contributed by atoms with Crippen LogP contribution in [0.1, 0.15) is 43.2 Å². The molecule has 0 spiro atoms. The van der Waals surface area contributed by atoms with Crippen LogP contribution in [-0.2, 0) is 16.1 Å². The van der Waals surface area contributed by atoms with Crippen molar-refractivity contribution < 1.29 is 28.6 Å². The van der Waals surface area contributed by atoms with Crippen molar-refractivity contribution in [3.05, 3.63) is 70.2 Å². The summed E-state index contributed by atoms with van der Waals surface area (Å²) in [7, 11) is 3.16. The molecule has 3 aromatic rings. The monoisotopic (exact) mass is 466 g/mol.